The van der Waals surface area contributed by atoms with Crippen LogP contribution in [0.15, 0.2) is 52.5 Å². The Morgan fingerprint density at radius 1 is 1.22 bits per heavy atom. The van der Waals surface area contributed by atoms with E-state index in [2.05, 4.69) is 9.93 Å². The quantitative estimate of drug-likeness (QED) is 0.620. The number of ether oxygens (including phenoxy) is 1. The zero-order valence-electron chi connectivity index (χ0n) is 12.2. The number of hydrogen-bond donors (Lipinski definition) is 1. The number of rotatable bonds is 6. The normalized spacial score (nSPS) is 11.6. The number of halogens is 2. The van der Waals surface area contributed by atoms with E-state index in [9.17, 15) is 8.42 Å². The predicted molar refractivity (Wildman–Crippen MR) is 92.0 cm³/mol. The van der Waals surface area contributed by atoms with Crippen LogP contribution in [0.25, 0.3) is 0 Å². The highest BCUT2D eigenvalue weighted by Gasteiger charge is 2.17. The van der Waals surface area contributed by atoms with E-state index in [4.69, 9.17) is 27.9 Å². The minimum Gasteiger partial charge on any atom is -0.494 e. The largest absolute Gasteiger partial charge is 0.494 e. The first-order valence-electron chi connectivity index (χ1n) is 6.65. The summed E-state index contributed by atoms with van der Waals surface area (Å²) in [6, 6.07) is 11.3. The molecule has 122 valence electrons. The lowest BCUT2D eigenvalue weighted by molar-refractivity contribution is 0.340. The molecule has 0 saturated heterocycles. The second-order valence-electron chi connectivity index (χ2n) is 4.43. The fraction of sp³-hybridized carbons (Fsp3) is 0.133. The van der Waals surface area contributed by atoms with Gasteiger partial charge in [-0.2, -0.15) is 13.5 Å². The van der Waals surface area contributed by atoms with Crippen molar-refractivity contribution in [3.63, 3.8) is 0 Å². The summed E-state index contributed by atoms with van der Waals surface area (Å²) < 4.78 is 29.7. The van der Waals surface area contributed by atoms with Crippen molar-refractivity contribution < 1.29 is 13.2 Å². The summed E-state index contributed by atoms with van der Waals surface area (Å²) in [5, 5.41) is 4.07. The summed E-state index contributed by atoms with van der Waals surface area (Å²) >= 11 is 11.7. The molecular formula is C15H14Cl2N2O3S. The van der Waals surface area contributed by atoms with Gasteiger partial charge >= 0.3 is 0 Å². The fourth-order valence-electron chi connectivity index (χ4n) is 1.75. The standard InChI is InChI=1S/C15H14Cl2N2O3S/c1-2-22-13-5-3-4-11(8-13)10-18-19-23(20,21)15-9-12(16)6-7-14(15)17/h3-10,19H,2H2,1H3. The third-order valence-corrected chi connectivity index (χ3v) is 4.68. The van der Waals surface area contributed by atoms with Crippen molar-refractivity contribution in [2.24, 2.45) is 5.10 Å². The van der Waals surface area contributed by atoms with Crippen molar-refractivity contribution in [2.75, 3.05) is 6.61 Å². The van der Waals surface area contributed by atoms with Crippen molar-refractivity contribution in [2.45, 2.75) is 11.8 Å². The number of benzene rings is 2. The first-order chi connectivity index (χ1) is 10.9. The Morgan fingerprint density at radius 2 is 2.00 bits per heavy atom. The third-order valence-electron chi connectivity index (χ3n) is 2.74. The molecule has 2 aromatic rings. The lowest BCUT2D eigenvalue weighted by atomic mass is 10.2. The molecule has 0 fully saturated rings. The highest BCUT2D eigenvalue weighted by molar-refractivity contribution is 7.89. The molecule has 0 atom stereocenters. The second-order valence-corrected chi connectivity index (χ2v) is 6.91. The van der Waals surface area contributed by atoms with Gasteiger partial charge in [-0.05, 0) is 42.8 Å². The molecule has 0 unspecified atom stereocenters. The molecule has 0 spiro atoms. The number of sulfonamides is 1. The Labute approximate surface area is 144 Å². The maximum absolute atomic E-state index is 12.2. The molecule has 1 N–H and O–H groups in total. The molecule has 23 heavy (non-hydrogen) atoms. The average molecular weight is 373 g/mol. The van der Waals surface area contributed by atoms with Gasteiger partial charge in [0.1, 0.15) is 10.6 Å². The summed E-state index contributed by atoms with van der Waals surface area (Å²) in [6.07, 6.45) is 1.37. The summed E-state index contributed by atoms with van der Waals surface area (Å²) in [4.78, 5) is 1.97. The summed E-state index contributed by atoms with van der Waals surface area (Å²) in [5.74, 6) is 0.678. The molecular weight excluding hydrogens is 359 g/mol. The van der Waals surface area contributed by atoms with Crippen LogP contribution in [0.2, 0.25) is 10.0 Å². The van der Waals surface area contributed by atoms with Crippen LogP contribution in [-0.2, 0) is 10.0 Å². The molecule has 0 aliphatic heterocycles. The minimum absolute atomic E-state index is 0.0652. The van der Waals surface area contributed by atoms with Crippen molar-refractivity contribution in [1.29, 1.82) is 0 Å². The molecule has 0 saturated carbocycles. The van der Waals surface area contributed by atoms with Gasteiger partial charge < -0.3 is 4.74 Å². The van der Waals surface area contributed by atoms with Gasteiger partial charge in [-0.1, -0.05) is 35.3 Å². The van der Waals surface area contributed by atoms with E-state index in [1.54, 1.807) is 24.3 Å². The molecule has 0 amide bonds. The predicted octanol–water partition coefficient (Wildman–Crippen LogP) is 3.70. The van der Waals surface area contributed by atoms with Gasteiger partial charge in [-0.15, -0.1) is 0 Å². The lowest BCUT2D eigenvalue weighted by Crippen LogP contribution is -2.18. The van der Waals surface area contributed by atoms with Gasteiger partial charge in [0, 0.05) is 5.02 Å². The monoisotopic (exact) mass is 372 g/mol. The smallest absolute Gasteiger partial charge is 0.278 e. The summed E-state index contributed by atoms with van der Waals surface area (Å²) in [6.45, 7) is 2.42. The zero-order valence-corrected chi connectivity index (χ0v) is 14.5. The molecule has 2 aromatic carbocycles. The first kappa shape index (κ1) is 17.6. The van der Waals surface area contributed by atoms with Gasteiger partial charge in [0.2, 0.25) is 0 Å². The van der Waals surface area contributed by atoms with Crippen LogP contribution in [-0.4, -0.2) is 21.2 Å². The molecule has 0 bridgehead atoms. The van der Waals surface area contributed by atoms with Crippen LogP contribution < -0.4 is 9.57 Å². The Kier molecular flexibility index (Phi) is 5.87. The summed E-state index contributed by atoms with van der Waals surface area (Å²) in [7, 11) is -3.90. The lowest BCUT2D eigenvalue weighted by Gasteiger charge is -2.06. The molecule has 0 aliphatic rings. The Morgan fingerprint density at radius 3 is 2.74 bits per heavy atom. The van der Waals surface area contributed by atoms with E-state index >= 15 is 0 Å². The van der Waals surface area contributed by atoms with Crippen molar-refractivity contribution in [3.05, 3.63) is 58.1 Å². The van der Waals surface area contributed by atoms with E-state index in [0.717, 1.165) is 0 Å². The maximum Gasteiger partial charge on any atom is 0.278 e. The molecule has 2 rings (SSSR count). The van der Waals surface area contributed by atoms with Gasteiger partial charge in [-0.3, -0.25) is 0 Å². The molecule has 0 radical (unpaired) electrons. The second kappa shape index (κ2) is 7.68. The Hall–Kier alpha value is -1.76. The molecule has 5 nitrogen and oxygen atoms in total. The van der Waals surface area contributed by atoms with Gasteiger partial charge in [0.25, 0.3) is 10.0 Å². The highest BCUT2D eigenvalue weighted by Crippen LogP contribution is 2.24. The van der Waals surface area contributed by atoms with E-state index in [1.807, 2.05) is 6.92 Å². The fourth-order valence-corrected chi connectivity index (χ4v) is 3.31. The SMILES string of the molecule is CCOc1cccc(C=NNS(=O)(=O)c2cc(Cl)ccc2Cl)c1. The molecule has 0 aromatic heterocycles. The number of nitrogens with zero attached hydrogens (tertiary/aromatic N) is 1. The average Bonchev–Trinajstić information content (AvgIpc) is 2.50. The van der Waals surface area contributed by atoms with E-state index in [1.165, 1.54) is 24.4 Å². The van der Waals surface area contributed by atoms with Gasteiger partial charge in [0.15, 0.2) is 0 Å². The Bertz CT molecular complexity index is 823. The molecule has 8 heteroatoms. The van der Waals surface area contributed by atoms with Crippen LogP contribution >= 0.6 is 23.2 Å². The number of hydrogen-bond acceptors (Lipinski definition) is 4. The van der Waals surface area contributed by atoms with E-state index in [0.29, 0.717) is 17.9 Å². The van der Waals surface area contributed by atoms with Crippen LogP contribution in [0, 0.1) is 0 Å². The van der Waals surface area contributed by atoms with Crippen molar-refractivity contribution in [3.8, 4) is 5.75 Å². The van der Waals surface area contributed by atoms with E-state index < -0.39 is 10.0 Å². The van der Waals surface area contributed by atoms with Crippen molar-refractivity contribution in [1.82, 2.24) is 4.83 Å². The molecule has 0 heterocycles. The van der Waals surface area contributed by atoms with E-state index in [-0.39, 0.29) is 14.9 Å². The van der Waals surface area contributed by atoms with Crippen LogP contribution in [0.3, 0.4) is 0 Å². The molecule has 0 aliphatic carbocycles. The minimum atomic E-state index is -3.90. The number of hydrazone groups is 1. The number of nitrogens with one attached hydrogen (secondary N) is 1. The first-order valence-corrected chi connectivity index (χ1v) is 8.89. The highest BCUT2D eigenvalue weighted by atomic mass is 35.5. The summed E-state index contributed by atoms with van der Waals surface area (Å²) in [5.41, 5.74) is 0.691. The third kappa shape index (κ3) is 4.86. The topological polar surface area (TPSA) is 67.8 Å². The van der Waals surface area contributed by atoms with Gasteiger partial charge in [-0.25, -0.2) is 4.83 Å². The van der Waals surface area contributed by atoms with Crippen LogP contribution in [0.5, 0.6) is 5.75 Å². The Balaban J connectivity index is 2.15. The van der Waals surface area contributed by atoms with Crippen molar-refractivity contribution >= 4 is 39.4 Å². The maximum atomic E-state index is 12.2. The van der Waals surface area contributed by atoms with Gasteiger partial charge in [0.05, 0.1) is 17.8 Å². The van der Waals surface area contributed by atoms with Crippen LogP contribution in [0.1, 0.15) is 12.5 Å². The van der Waals surface area contributed by atoms with Crippen LogP contribution in [0.4, 0.5) is 0 Å². The zero-order chi connectivity index (χ0) is 16.9.